The van der Waals surface area contributed by atoms with Crippen LogP contribution in [0.5, 0.6) is 0 Å². The Morgan fingerprint density at radius 1 is 1.03 bits per heavy atom. The highest BCUT2D eigenvalue weighted by Crippen LogP contribution is 2.13. The fraction of sp³-hybridized carbons (Fsp3) is 0.0952. The van der Waals surface area contributed by atoms with Crippen LogP contribution in [0.1, 0.15) is 28.5 Å². The molecule has 0 aliphatic heterocycles. The van der Waals surface area contributed by atoms with Crippen molar-refractivity contribution in [2.45, 2.75) is 12.1 Å². The van der Waals surface area contributed by atoms with Gasteiger partial charge in [0.15, 0.2) is 16.6 Å². The molecule has 0 radical (unpaired) electrons. The molecule has 8 heteroatoms. The van der Waals surface area contributed by atoms with Gasteiger partial charge in [0.25, 0.3) is 5.56 Å². The lowest BCUT2D eigenvalue weighted by molar-refractivity contribution is -0.113. The molecule has 0 atom stereocenters. The molecule has 0 fully saturated rings. The third-order valence-electron chi connectivity index (χ3n) is 3.85. The second-order valence-electron chi connectivity index (χ2n) is 6.06. The maximum Gasteiger partial charge on any atom is 0.277 e. The van der Waals surface area contributed by atoms with E-state index in [0.717, 1.165) is 17.3 Å². The van der Waals surface area contributed by atoms with Crippen molar-refractivity contribution in [3.8, 4) is 0 Å². The Labute approximate surface area is 171 Å². The van der Waals surface area contributed by atoms with Crippen LogP contribution in [0.4, 0.5) is 5.69 Å². The summed E-state index contributed by atoms with van der Waals surface area (Å²) in [6.07, 6.45) is 3.37. The van der Waals surface area contributed by atoms with E-state index in [1.807, 2.05) is 30.3 Å². The molecule has 1 aromatic heterocycles. The van der Waals surface area contributed by atoms with Gasteiger partial charge in [0.1, 0.15) is 0 Å². The third-order valence-corrected chi connectivity index (χ3v) is 4.71. The number of carbonyl (C=O) groups excluding carboxylic acids is 2. The molecule has 2 aromatic carbocycles. The number of hydrogen-bond donors (Lipinski definition) is 2. The van der Waals surface area contributed by atoms with Gasteiger partial charge in [-0.25, -0.2) is 0 Å². The average Bonchev–Trinajstić information content (AvgIpc) is 2.73. The van der Waals surface area contributed by atoms with E-state index in [2.05, 4.69) is 20.5 Å². The van der Waals surface area contributed by atoms with Crippen molar-refractivity contribution < 1.29 is 9.59 Å². The summed E-state index contributed by atoms with van der Waals surface area (Å²) >= 11 is 1.07. The molecular weight excluding hydrogens is 388 g/mol. The summed E-state index contributed by atoms with van der Waals surface area (Å²) in [4.78, 5) is 38.1. The first kappa shape index (κ1) is 20.2. The highest BCUT2D eigenvalue weighted by Gasteiger charge is 2.08. The van der Waals surface area contributed by atoms with Crippen molar-refractivity contribution in [2.75, 3.05) is 11.1 Å². The highest BCUT2D eigenvalue weighted by molar-refractivity contribution is 7.99. The molecule has 3 rings (SSSR count). The number of rotatable bonds is 7. The Bertz CT molecular complexity index is 1090. The topological polar surface area (TPSA) is 105 Å². The molecule has 0 saturated heterocycles. The van der Waals surface area contributed by atoms with E-state index in [4.69, 9.17) is 0 Å². The SMILES string of the molecule is CC(=O)c1ccc(NC(=O)CSc2nnc(/C=C/c3ccccc3)c(=O)[nH]2)cc1. The van der Waals surface area contributed by atoms with Crippen LogP contribution in [0.3, 0.4) is 0 Å². The second-order valence-corrected chi connectivity index (χ2v) is 7.02. The van der Waals surface area contributed by atoms with Crippen molar-refractivity contribution in [1.29, 1.82) is 0 Å². The first-order chi connectivity index (χ1) is 14.0. The number of ketones is 1. The second kappa shape index (κ2) is 9.61. The molecule has 0 bridgehead atoms. The molecule has 0 unspecified atom stereocenters. The quantitative estimate of drug-likeness (QED) is 0.461. The average molecular weight is 406 g/mol. The molecule has 29 heavy (non-hydrogen) atoms. The number of anilines is 1. The van der Waals surface area contributed by atoms with Gasteiger partial charge in [0, 0.05) is 11.3 Å². The monoisotopic (exact) mass is 406 g/mol. The summed E-state index contributed by atoms with van der Waals surface area (Å²) in [6.45, 7) is 1.48. The number of nitrogens with zero attached hydrogens (tertiary/aromatic N) is 2. The van der Waals surface area contributed by atoms with Gasteiger partial charge in [-0.15, -0.1) is 10.2 Å². The zero-order valence-electron chi connectivity index (χ0n) is 15.6. The number of benzene rings is 2. The third kappa shape index (κ3) is 5.98. The van der Waals surface area contributed by atoms with Crippen molar-refractivity contribution >= 4 is 41.3 Å². The van der Waals surface area contributed by atoms with Crippen LogP contribution >= 0.6 is 11.8 Å². The van der Waals surface area contributed by atoms with Gasteiger partial charge in [-0.05, 0) is 42.8 Å². The predicted octanol–water partition coefficient (Wildman–Crippen LogP) is 3.27. The fourth-order valence-electron chi connectivity index (χ4n) is 2.36. The van der Waals surface area contributed by atoms with Crippen LogP contribution in [-0.4, -0.2) is 32.6 Å². The van der Waals surface area contributed by atoms with Crippen LogP contribution < -0.4 is 10.9 Å². The number of carbonyl (C=O) groups is 2. The number of H-pyrrole nitrogens is 1. The minimum absolute atomic E-state index is 0.0389. The van der Waals surface area contributed by atoms with Gasteiger partial charge in [-0.1, -0.05) is 48.2 Å². The minimum atomic E-state index is -0.380. The zero-order valence-corrected chi connectivity index (χ0v) is 16.4. The Kier molecular flexibility index (Phi) is 6.70. The van der Waals surface area contributed by atoms with Crippen molar-refractivity contribution in [2.24, 2.45) is 0 Å². The lowest BCUT2D eigenvalue weighted by Gasteiger charge is -2.05. The highest BCUT2D eigenvalue weighted by atomic mass is 32.2. The molecule has 2 N–H and O–H groups in total. The number of nitrogens with one attached hydrogen (secondary N) is 2. The smallest absolute Gasteiger partial charge is 0.277 e. The molecule has 0 spiro atoms. The number of aromatic nitrogens is 3. The van der Waals surface area contributed by atoms with E-state index >= 15 is 0 Å². The normalized spacial score (nSPS) is 10.8. The fourth-order valence-corrected chi connectivity index (χ4v) is 2.97. The van der Waals surface area contributed by atoms with Crippen molar-refractivity contribution in [3.05, 3.63) is 81.8 Å². The molecule has 0 aliphatic carbocycles. The van der Waals surface area contributed by atoms with Gasteiger partial charge in [-0.3, -0.25) is 19.4 Å². The molecule has 1 amide bonds. The number of aromatic amines is 1. The number of amides is 1. The Balaban J connectivity index is 1.56. The van der Waals surface area contributed by atoms with Crippen LogP contribution in [-0.2, 0) is 4.79 Å². The van der Waals surface area contributed by atoms with Gasteiger partial charge in [-0.2, -0.15) is 0 Å². The molecule has 7 nitrogen and oxygen atoms in total. The molecule has 3 aromatic rings. The molecule has 0 aliphatic rings. The van der Waals surface area contributed by atoms with Crippen LogP contribution in [0.15, 0.2) is 64.5 Å². The summed E-state index contributed by atoms with van der Waals surface area (Å²) in [5.74, 6) is -0.248. The van der Waals surface area contributed by atoms with E-state index in [1.54, 1.807) is 36.4 Å². The minimum Gasteiger partial charge on any atom is -0.325 e. The Morgan fingerprint density at radius 3 is 2.41 bits per heavy atom. The molecular formula is C21H18N4O3S. The number of thioether (sulfide) groups is 1. The summed E-state index contributed by atoms with van der Waals surface area (Å²) in [7, 11) is 0. The first-order valence-electron chi connectivity index (χ1n) is 8.75. The van der Waals surface area contributed by atoms with E-state index in [9.17, 15) is 14.4 Å². The predicted molar refractivity (Wildman–Crippen MR) is 114 cm³/mol. The lowest BCUT2D eigenvalue weighted by Crippen LogP contribution is -2.17. The summed E-state index contributed by atoms with van der Waals surface area (Å²) in [6, 6.07) is 16.2. The van der Waals surface area contributed by atoms with Gasteiger partial charge in [0.05, 0.1) is 5.75 Å². The van der Waals surface area contributed by atoms with E-state index in [0.29, 0.717) is 11.3 Å². The molecule has 1 heterocycles. The molecule has 146 valence electrons. The number of hydrogen-bond acceptors (Lipinski definition) is 6. The maximum atomic E-state index is 12.1. The van der Waals surface area contributed by atoms with Gasteiger partial charge in [0.2, 0.25) is 5.91 Å². The Hall–Kier alpha value is -3.52. The van der Waals surface area contributed by atoms with Crippen LogP contribution in [0, 0.1) is 0 Å². The summed E-state index contributed by atoms with van der Waals surface area (Å²) in [5.41, 5.74) is 1.91. The zero-order chi connectivity index (χ0) is 20.6. The Morgan fingerprint density at radius 2 is 1.76 bits per heavy atom. The lowest BCUT2D eigenvalue weighted by atomic mass is 10.1. The summed E-state index contributed by atoms with van der Waals surface area (Å²) < 4.78 is 0. The van der Waals surface area contributed by atoms with Crippen molar-refractivity contribution in [1.82, 2.24) is 15.2 Å². The van der Waals surface area contributed by atoms with E-state index in [1.165, 1.54) is 6.92 Å². The number of Topliss-reactive ketones (excluding diaryl/α,β-unsaturated/α-hetero) is 1. The van der Waals surface area contributed by atoms with Gasteiger partial charge >= 0.3 is 0 Å². The maximum absolute atomic E-state index is 12.1. The van der Waals surface area contributed by atoms with Crippen LogP contribution in [0.25, 0.3) is 12.2 Å². The molecule has 0 saturated carbocycles. The summed E-state index contributed by atoms with van der Waals surface area (Å²) in [5, 5.41) is 10.8. The van der Waals surface area contributed by atoms with Gasteiger partial charge < -0.3 is 5.32 Å². The van der Waals surface area contributed by atoms with Crippen LogP contribution in [0.2, 0.25) is 0 Å². The standard InChI is InChI=1S/C21H18N4O3S/c1-14(26)16-8-10-17(11-9-16)22-19(27)13-29-21-23-20(28)18(24-25-21)12-7-15-5-3-2-4-6-15/h2-12H,13H2,1H3,(H,22,27)(H,23,25,28)/b12-7+. The largest absolute Gasteiger partial charge is 0.325 e. The van der Waals surface area contributed by atoms with E-state index < -0.39 is 0 Å². The van der Waals surface area contributed by atoms with E-state index in [-0.39, 0.29) is 33.9 Å². The van der Waals surface area contributed by atoms with Crippen molar-refractivity contribution in [3.63, 3.8) is 0 Å². The first-order valence-corrected chi connectivity index (χ1v) is 9.73.